The summed E-state index contributed by atoms with van der Waals surface area (Å²) in [5, 5.41) is 21.2. The zero-order valence-corrected chi connectivity index (χ0v) is 17.1. The van der Waals surface area contributed by atoms with Crippen molar-refractivity contribution < 1.29 is 19.4 Å². The maximum atomic E-state index is 12.3. The number of fused-ring (bicyclic) bond motifs is 2. The van der Waals surface area contributed by atoms with Crippen molar-refractivity contribution >= 4 is 16.9 Å². The molecule has 0 aromatic heterocycles. The number of aromatic carboxylic acids is 1. The summed E-state index contributed by atoms with van der Waals surface area (Å²) in [6, 6.07) is 11.8. The highest BCUT2D eigenvalue weighted by atomic mass is 16.4. The van der Waals surface area contributed by atoms with Crippen molar-refractivity contribution in [3.05, 3.63) is 74.9 Å². The van der Waals surface area contributed by atoms with Crippen molar-refractivity contribution in [1.82, 2.24) is 0 Å². The zero-order chi connectivity index (χ0) is 21.6. The van der Waals surface area contributed by atoms with E-state index in [1.165, 1.54) is 6.07 Å². The van der Waals surface area contributed by atoms with E-state index in [-0.39, 0.29) is 16.7 Å². The van der Waals surface area contributed by atoms with Gasteiger partial charge in [0.05, 0.1) is 5.56 Å². The molecule has 2 aromatic rings. The first-order chi connectivity index (χ1) is 14.3. The van der Waals surface area contributed by atoms with Crippen LogP contribution in [0.25, 0.3) is 33.4 Å². The number of aromatic hydroxyl groups is 1. The van der Waals surface area contributed by atoms with Crippen LogP contribution in [-0.2, 0) is 6.42 Å². The van der Waals surface area contributed by atoms with E-state index in [0.29, 0.717) is 56.5 Å². The van der Waals surface area contributed by atoms with E-state index in [4.69, 9.17) is 4.42 Å². The molecule has 0 unspecified atom stereocenters. The number of phenolic OH excluding ortho intramolecular Hbond substituents is 1. The molecular weight excluding hydrogens is 380 g/mol. The van der Waals surface area contributed by atoms with Crippen LogP contribution in [0.1, 0.15) is 40.4 Å². The topological polar surface area (TPSA) is 87.7 Å². The number of hydrogen-bond acceptors (Lipinski definition) is 4. The quantitative estimate of drug-likeness (QED) is 0.438. The smallest absolute Gasteiger partial charge is 0.336 e. The van der Waals surface area contributed by atoms with E-state index in [9.17, 15) is 19.8 Å². The molecule has 0 amide bonds. The third-order valence-corrected chi connectivity index (χ3v) is 5.49. The van der Waals surface area contributed by atoms with Crippen LogP contribution < -0.4 is 5.43 Å². The molecule has 1 heterocycles. The molecule has 0 saturated heterocycles. The summed E-state index contributed by atoms with van der Waals surface area (Å²) >= 11 is 0. The minimum atomic E-state index is -1.03. The number of phenols is 1. The van der Waals surface area contributed by atoms with Crippen LogP contribution in [0.3, 0.4) is 0 Å². The van der Waals surface area contributed by atoms with Crippen LogP contribution in [0.15, 0.2) is 51.7 Å². The number of hydrogen-bond donors (Lipinski definition) is 2. The SMILES string of the molecule is CCCc1c(O)c(C)cc2c(-c3ccccc3C(=O)O)c3cc(C)c(=O)cc-3oc12. The highest BCUT2D eigenvalue weighted by Crippen LogP contribution is 2.45. The van der Waals surface area contributed by atoms with E-state index in [1.807, 2.05) is 19.9 Å². The Hall–Kier alpha value is -3.60. The first-order valence-corrected chi connectivity index (χ1v) is 9.88. The van der Waals surface area contributed by atoms with Crippen LogP contribution >= 0.6 is 0 Å². The normalized spacial score (nSPS) is 11.3. The summed E-state index contributed by atoms with van der Waals surface area (Å²) in [5.74, 6) is -0.498. The van der Waals surface area contributed by atoms with Gasteiger partial charge in [-0.2, -0.15) is 0 Å². The molecule has 5 heteroatoms. The molecule has 2 N–H and O–H groups in total. The molecule has 0 fully saturated rings. The van der Waals surface area contributed by atoms with Gasteiger partial charge in [-0.1, -0.05) is 31.5 Å². The first-order valence-electron chi connectivity index (χ1n) is 9.88. The molecular formula is C25H22O5. The van der Waals surface area contributed by atoms with E-state index >= 15 is 0 Å². The Morgan fingerprint density at radius 2 is 1.77 bits per heavy atom. The Morgan fingerprint density at radius 1 is 1.03 bits per heavy atom. The van der Waals surface area contributed by atoms with Crippen LogP contribution in [0, 0.1) is 13.8 Å². The monoisotopic (exact) mass is 402 g/mol. The fourth-order valence-electron chi connectivity index (χ4n) is 4.02. The summed E-state index contributed by atoms with van der Waals surface area (Å²) in [5.41, 5.74) is 4.29. The summed E-state index contributed by atoms with van der Waals surface area (Å²) < 4.78 is 6.16. The number of benzene rings is 3. The third-order valence-electron chi connectivity index (χ3n) is 5.49. The van der Waals surface area contributed by atoms with Crippen LogP contribution in [0.4, 0.5) is 0 Å². The van der Waals surface area contributed by atoms with Gasteiger partial charge in [-0.05, 0) is 55.2 Å². The minimum Gasteiger partial charge on any atom is -0.507 e. The molecule has 5 nitrogen and oxygen atoms in total. The van der Waals surface area contributed by atoms with Crippen LogP contribution in [-0.4, -0.2) is 16.2 Å². The van der Waals surface area contributed by atoms with Crippen molar-refractivity contribution in [3.63, 3.8) is 0 Å². The van der Waals surface area contributed by atoms with Crippen molar-refractivity contribution in [2.75, 3.05) is 0 Å². The summed E-state index contributed by atoms with van der Waals surface area (Å²) in [6.07, 6.45) is 1.39. The molecule has 152 valence electrons. The minimum absolute atomic E-state index is 0.156. The molecule has 1 aliphatic heterocycles. The lowest BCUT2D eigenvalue weighted by Crippen LogP contribution is -2.07. The maximum Gasteiger partial charge on any atom is 0.336 e. The lowest BCUT2D eigenvalue weighted by Gasteiger charge is -2.20. The molecule has 0 bridgehead atoms. The van der Waals surface area contributed by atoms with E-state index in [1.54, 1.807) is 37.3 Å². The highest BCUT2D eigenvalue weighted by molar-refractivity contribution is 6.08. The molecule has 2 aromatic carbocycles. The van der Waals surface area contributed by atoms with Gasteiger partial charge in [0.2, 0.25) is 0 Å². The summed E-state index contributed by atoms with van der Waals surface area (Å²) in [7, 11) is 0. The summed E-state index contributed by atoms with van der Waals surface area (Å²) in [6.45, 7) is 5.55. The number of carboxylic acid groups (broad SMARTS) is 1. The van der Waals surface area contributed by atoms with Crippen LogP contribution in [0.2, 0.25) is 0 Å². The van der Waals surface area contributed by atoms with Gasteiger partial charge < -0.3 is 14.6 Å². The third kappa shape index (κ3) is 3.03. The largest absolute Gasteiger partial charge is 0.507 e. The van der Waals surface area contributed by atoms with Crippen molar-refractivity contribution in [2.24, 2.45) is 0 Å². The number of aryl methyl sites for hydroxylation is 3. The molecule has 4 rings (SSSR count). The van der Waals surface area contributed by atoms with E-state index < -0.39 is 5.97 Å². The fourth-order valence-corrected chi connectivity index (χ4v) is 4.02. The molecule has 0 spiro atoms. The van der Waals surface area contributed by atoms with Gasteiger partial charge in [-0.15, -0.1) is 0 Å². The van der Waals surface area contributed by atoms with Crippen LogP contribution in [0.5, 0.6) is 5.75 Å². The molecule has 30 heavy (non-hydrogen) atoms. The number of rotatable bonds is 4. The van der Waals surface area contributed by atoms with Gasteiger partial charge in [0, 0.05) is 28.1 Å². The Balaban J connectivity index is 2.29. The Kier molecular flexibility index (Phi) is 4.82. The molecule has 1 aliphatic carbocycles. The average molecular weight is 402 g/mol. The maximum absolute atomic E-state index is 12.3. The fraction of sp³-hybridized carbons (Fsp3) is 0.200. The zero-order valence-electron chi connectivity index (χ0n) is 17.1. The van der Waals surface area contributed by atoms with Gasteiger partial charge in [0.25, 0.3) is 0 Å². The Bertz CT molecular complexity index is 1330. The molecule has 0 atom stereocenters. The Morgan fingerprint density at radius 3 is 2.47 bits per heavy atom. The van der Waals surface area contributed by atoms with E-state index in [0.717, 1.165) is 6.42 Å². The van der Waals surface area contributed by atoms with Gasteiger partial charge in [0.1, 0.15) is 17.1 Å². The van der Waals surface area contributed by atoms with Gasteiger partial charge in [-0.3, -0.25) is 4.79 Å². The Labute approximate surface area is 173 Å². The standard InChI is InChI=1S/C25H22O5/c1-4-7-17-23(27)14(3)11-19-22(15-8-5-6-9-16(15)25(28)29)18-10-13(2)20(26)12-21(18)30-24(17)19/h5-6,8-12,27H,4,7H2,1-3H3,(H,28,29). The van der Waals surface area contributed by atoms with Gasteiger partial charge in [-0.25, -0.2) is 4.79 Å². The second-order valence-electron chi connectivity index (χ2n) is 7.59. The van der Waals surface area contributed by atoms with Gasteiger partial charge >= 0.3 is 5.97 Å². The molecule has 0 radical (unpaired) electrons. The van der Waals surface area contributed by atoms with E-state index in [2.05, 4.69) is 0 Å². The predicted molar refractivity (Wildman–Crippen MR) is 117 cm³/mol. The highest BCUT2D eigenvalue weighted by Gasteiger charge is 2.24. The second kappa shape index (κ2) is 7.34. The first kappa shape index (κ1) is 19.7. The van der Waals surface area contributed by atoms with Crippen molar-refractivity contribution in [1.29, 1.82) is 0 Å². The number of carbonyl (C=O) groups is 1. The lowest BCUT2D eigenvalue weighted by molar-refractivity contribution is 0.0697. The summed E-state index contributed by atoms with van der Waals surface area (Å²) in [4.78, 5) is 24.3. The van der Waals surface area contributed by atoms with Crippen molar-refractivity contribution in [2.45, 2.75) is 33.6 Å². The lowest BCUT2D eigenvalue weighted by atomic mass is 9.88. The van der Waals surface area contributed by atoms with Crippen molar-refractivity contribution in [3.8, 4) is 28.2 Å². The average Bonchev–Trinajstić information content (AvgIpc) is 2.71. The van der Waals surface area contributed by atoms with Gasteiger partial charge in [0.15, 0.2) is 5.43 Å². The predicted octanol–water partition coefficient (Wildman–Crippen LogP) is 5.54. The number of carboxylic acids is 1. The molecule has 2 aliphatic rings. The second-order valence-corrected chi connectivity index (χ2v) is 7.59. The molecule has 0 saturated carbocycles.